The van der Waals surface area contributed by atoms with Gasteiger partial charge in [-0.1, -0.05) is 28.1 Å². The van der Waals surface area contributed by atoms with E-state index in [1.54, 1.807) is 12.3 Å². The average Bonchev–Trinajstić information content (AvgIpc) is 2.82. The van der Waals surface area contributed by atoms with Crippen molar-refractivity contribution in [3.05, 3.63) is 63.6 Å². The lowest BCUT2D eigenvalue weighted by Gasteiger charge is -2.21. The zero-order valence-electron chi connectivity index (χ0n) is 10.3. The summed E-state index contributed by atoms with van der Waals surface area (Å²) in [5, 5.41) is 0. The van der Waals surface area contributed by atoms with Crippen LogP contribution in [0.15, 0.2) is 41.0 Å². The first-order valence-electron chi connectivity index (χ1n) is 6.31. The van der Waals surface area contributed by atoms with Gasteiger partial charge in [0.25, 0.3) is 0 Å². The van der Waals surface area contributed by atoms with Gasteiger partial charge in [0.1, 0.15) is 5.82 Å². The Labute approximate surface area is 120 Å². The molecule has 0 aliphatic heterocycles. The molecule has 2 aromatic rings. The van der Waals surface area contributed by atoms with E-state index in [2.05, 4.69) is 27.0 Å². The van der Waals surface area contributed by atoms with Crippen molar-refractivity contribution < 1.29 is 4.39 Å². The molecule has 0 fully saturated rings. The van der Waals surface area contributed by atoms with Crippen LogP contribution in [0, 0.1) is 5.82 Å². The third-order valence-electron chi connectivity index (χ3n) is 3.77. The van der Waals surface area contributed by atoms with Crippen LogP contribution in [0.4, 0.5) is 4.39 Å². The molecule has 1 aromatic heterocycles. The summed E-state index contributed by atoms with van der Waals surface area (Å²) >= 11 is 3.39. The molecule has 0 spiro atoms. The van der Waals surface area contributed by atoms with Gasteiger partial charge in [0.05, 0.1) is 0 Å². The van der Waals surface area contributed by atoms with Gasteiger partial charge in [-0.15, -0.1) is 0 Å². The van der Waals surface area contributed by atoms with Crippen molar-refractivity contribution in [3.63, 3.8) is 0 Å². The highest BCUT2D eigenvalue weighted by Gasteiger charge is 2.31. The average molecular weight is 321 g/mol. The Hall–Kier alpha value is -1.26. The standard InChI is InChI=1S/C15H14BrFN2/c16-11-4-1-5-12(17)13(11)14(18)10-7-6-9-3-2-8-19-15(9)10/h1-5,8,10,14H,6-7,18H2. The number of nitrogens with zero attached hydrogens (tertiary/aromatic N) is 1. The number of halogens is 2. The Morgan fingerprint density at radius 3 is 2.95 bits per heavy atom. The first kappa shape index (κ1) is 12.8. The van der Waals surface area contributed by atoms with Gasteiger partial charge in [0.15, 0.2) is 0 Å². The lowest BCUT2D eigenvalue weighted by molar-refractivity contribution is 0.505. The van der Waals surface area contributed by atoms with E-state index < -0.39 is 0 Å². The Morgan fingerprint density at radius 1 is 1.32 bits per heavy atom. The largest absolute Gasteiger partial charge is 0.323 e. The molecule has 0 bridgehead atoms. The van der Waals surface area contributed by atoms with Crippen LogP contribution in [0.5, 0.6) is 0 Å². The summed E-state index contributed by atoms with van der Waals surface area (Å²) in [4.78, 5) is 4.43. The van der Waals surface area contributed by atoms with Crippen molar-refractivity contribution in [2.75, 3.05) is 0 Å². The van der Waals surface area contributed by atoms with E-state index in [0.29, 0.717) is 5.56 Å². The highest BCUT2D eigenvalue weighted by molar-refractivity contribution is 9.10. The predicted octanol–water partition coefficient (Wildman–Crippen LogP) is 3.71. The molecule has 1 aliphatic carbocycles. The summed E-state index contributed by atoms with van der Waals surface area (Å²) in [7, 11) is 0. The van der Waals surface area contributed by atoms with Crippen LogP contribution in [0.1, 0.15) is 35.2 Å². The first-order valence-corrected chi connectivity index (χ1v) is 7.11. The van der Waals surface area contributed by atoms with Crippen molar-refractivity contribution in [1.82, 2.24) is 4.98 Å². The molecule has 2 nitrogen and oxygen atoms in total. The molecular weight excluding hydrogens is 307 g/mol. The molecule has 1 aliphatic rings. The topological polar surface area (TPSA) is 38.9 Å². The van der Waals surface area contributed by atoms with Gasteiger partial charge in [-0.2, -0.15) is 0 Å². The lowest BCUT2D eigenvalue weighted by atomic mass is 9.91. The number of hydrogen-bond donors (Lipinski definition) is 1. The van der Waals surface area contributed by atoms with E-state index in [9.17, 15) is 4.39 Å². The number of aromatic nitrogens is 1. The number of fused-ring (bicyclic) bond motifs is 1. The highest BCUT2D eigenvalue weighted by atomic mass is 79.9. The minimum Gasteiger partial charge on any atom is -0.323 e. The van der Waals surface area contributed by atoms with E-state index in [4.69, 9.17) is 5.73 Å². The van der Waals surface area contributed by atoms with E-state index in [1.165, 1.54) is 11.6 Å². The maximum atomic E-state index is 14.0. The van der Waals surface area contributed by atoms with Gasteiger partial charge in [-0.3, -0.25) is 4.98 Å². The molecule has 1 aromatic carbocycles. The number of nitrogens with two attached hydrogens (primary N) is 1. The number of aryl methyl sites for hydroxylation is 1. The molecule has 2 N–H and O–H groups in total. The Bertz CT molecular complexity index is 595. The van der Waals surface area contributed by atoms with Crippen molar-refractivity contribution in [1.29, 1.82) is 0 Å². The van der Waals surface area contributed by atoms with Crippen molar-refractivity contribution >= 4 is 15.9 Å². The predicted molar refractivity (Wildman–Crippen MR) is 76.3 cm³/mol. The minimum atomic E-state index is -0.369. The Kier molecular flexibility index (Phi) is 3.37. The van der Waals surface area contributed by atoms with E-state index >= 15 is 0 Å². The zero-order chi connectivity index (χ0) is 13.4. The molecule has 4 heteroatoms. The fourth-order valence-corrected chi connectivity index (χ4v) is 3.43. The van der Waals surface area contributed by atoms with Gasteiger partial charge >= 0.3 is 0 Å². The van der Waals surface area contributed by atoms with Gasteiger partial charge in [0.2, 0.25) is 0 Å². The van der Waals surface area contributed by atoms with Crippen LogP contribution < -0.4 is 5.73 Å². The summed E-state index contributed by atoms with van der Waals surface area (Å²) in [6.45, 7) is 0. The summed E-state index contributed by atoms with van der Waals surface area (Å²) in [5.74, 6) is -0.171. The van der Waals surface area contributed by atoms with Crippen molar-refractivity contribution in [2.24, 2.45) is 5.73 Å². The number of hydrogen-bond acceptors (Lipinski definition) is 2. The monoisotopic (exact) mass is 320 g/mol. The van der Waals surface area contributed by atoms with Gasteiger partial charge in [0, 0.05) is 33.9 Å². The SMILES string of the molecule is NC(c1c(F)cccc1Br)C1CCc2cccnc21. The summed E-state index contributed by atoms with van der Waals surface area (Å²) in [5.41, 5.74) is 9.10. The Balaban J connectivity index is 2.00. The second-order valence-corrected chi connectivity index (χ2v) is 5.71. The minimum absolute atomic E-state index is 0.0874. The molecule has 0 saturated carbocycles. The molecule has 1 heterocycles. The van der Waals surface area contributed by atoms with Crippen LogP contribution in [0.2, 0.25) is 0 Å². The second kappa shape index (κ2) is 5.02. The fourth-order valence-electron chi connectivity index (χ4n) is 2.82. The fraction of sp³-hybridized carbons (Fsp3) is 0.267. The van der Waals surface area contributed by atoms with Crippen molar-refractivity contribution in [2.45, 2.75) is 24.8 Å². The van der Waals surface area contributed by atoms with Gasteiger partial charge in [-0.05, 0) is 36.6 Å². The molecule has 0 amide bonds. The lowest BCUT2D eigenvalue weighted by Crippen LogP contribution is -2.20. The quantitative estimate of drug-likeness (QED) is 0.916. The van der Waals surface area contributed by atoms with Crippen LogP contribution in [-0.4, -0.2) is 4.98 Å². The molecule has 0 saturated heterocycles. The number of pyridine rings is 1. The van der Waals surface area contributed by atoms with Crippen LogP contribution in [-0.2, 0) is 6.42 Å². The molecule has 19 heavy (non-hydrogen) atoms. The van der Waals surface area contributed by atoms with Crippen LogP contribution in [0.3, 0.4) is 0 Å². The maximum Gasteiger partial charge on any atom is 0.129 e. The molecule has 0 radical (unpaired) electrons. The summed E-state index contributed by atoms with van der Waals surface area (Å²) in [6, 6.07) is 8.60. The third kappa shape index (κ3) is 2.19. The molecule has 2 unspecified atom stereocenters. The number of rotatable bonds is 2. The summed E-state index contributed by atoms with van der Waals surface area (Å²) in [6.07, 6.45) is 3.67. The van der Waals surface area contributed by atoms with Crippen LogP contribution in [0.25, 0.3) is 0 Å². The molecular formula is C15H14BrFN2. The van der Waals surface area contributed by atoms with Crippen molar-refractivity contribution in [3.8, 4) is 0 Å². The highest BCUT2D eigenvalue weighted by Crippen LogP contribution is 2.41. The van der Waals surface area contributed by atoms with Crippen LogP contribution >= 0.6 is 15.9 Å². The first-order chi connectivity index (χ1) is 9.18. The van der Waals surface area contributed by atoms with E-state index in [-0.39, 0.29) is 17.8 Å². The van der Waals surface area contributed by atoms with Gasteiger partial charge in [-0.25, -0.2) is 4.39 Å². The third-order valence-corrected chi connectivity index (χ3v) is 4.46. The van der Waals surface area contributed by atoms with Gasteiger partial charge < -0.3 is 5.73 Å². The van der Waals surface area contributed by atoms with E-state index in [1.807, 2.05) is 12.1 Å². The molecule has 3 rings (SSSR count). The Morgan fingerprint density at radius 2 is 2.16 bits per heavy atom. The molecule has 98 valence electrons. The maximum absolute atomic E-state index is 14.0. The smallest absolute Gasteiger partial charge is 0.129 e. The second-order valence-electron chi connectivity index (χ2n) is 4.85. The number of benzene rings is 1. The summed E-state index contributed by atoms with van der Waals surface area (Å²) < 4.78 is 14.7. The van der Waals surface area contributed by atoms with E-state index in [0.717, 1.165) is 23.0 Å². The zero-order valence-corrected chi connectivity index (χ0v) is 11.9. The normalized spacial score (nSPS) is 19.2. The molecule has 2 atom stereocenters.